The summed E-state index contributed by atoms with van der Waals surface area (Å²) in [6.45, 7) is 6.51. The molecule has 0 fully saturated rings. The number of nitrogens with one attached hydrogen (secondary N) is 1. The standard InChI is InChI=1S/C15H19N5O2/c1-3-19(13-6-4-5-12(2)9-13)8-7-16-15-17-10-14(11-18-15)20(21)22/h4-6,9-11H,3,7-8H2,1-2H3,(H,16,17,18). The van der Waals surface area contributed by atoms with Crippen LogP contribution in [-0.2, 0) is 0 Å². The summed E-state index contributed by atoms with van der Waals surface area (Å²) in [7, 11) is 0. The van der Waals surface area contributed by atoms with Gasteiger partial charge in [0.1, 0.15) is 12.4 Å². The molecule has 0 amide bonds. The lowest BCUT2D eigenvalue weighted by Gasteiger charge is -2.23. The van der Waals surface area contributed by atoms with Crippen molar-refractivity contribution in [1.29, 1.82) is 0 Å². The molecule has 1 aromatic heterocycles. The summed E-state index contributed by atoms with van der Waals surface area (Å²) in [5.41, 5.74) is 2.29. The number of rotatable bonds is 7. The van der Waals surface area contributed by atoms with E-state index in [1.807, 2.05) is 6.07 Å². The molecule has 0 saturated heterocycles. The van der Waals surface area contributed by atoms with Gasteiger partial charge in [-0.3, -0.25) is 10.1 Å². The number of aryl methyl sites for hydroxylation is 1. The van der Waals surface area contributed by atoms with Gasteiger partial charge in [0.2, 0.25) is 5.95 Å². The topological polar surface area (TPSA) is 84.2 Å². The summed E-state index contributed by atoms with van der Waals surface area (Å²) in [4.78, 5) is 20.1. The molecule has 0 spiro atoms. The van der Waals surface area contributed by atoms with Gasteiger partial charge in [-0.05, 0) is 31.5 Å². The number of nitro groups is 1. The van der Waals surface area contributed by atoms with Gasteiger partial charge in [0.05, 0.1) is 4.92 Å². The molecule has 0 saturated carbocycles. The van der Waals surface area contributed by atoms with E-state index in [0.717, 1.165) is 13.1 Å². The normalized spacial score (nSPS) is 10.3. The van der Waals surface area contributed by atoms with Gasteiger partial charge in [-0.25, -0.2) is 9.97 Å². The zero-order valence-electron chi connectivity index (χ0n) is 12.7. The molecule has 22 heavy (non-hydrogen) atoms. The maximum absolute atomic E-state index is 10.5. The zero-order chi connectivity index (χ0) is 15.9. The van der Waals surface area contributed by atoms with Gasteiger partial charge in [-0.1, -0.05) is 12.1 Å². The Hall–Kier alpha value is -2.70. The van der Waals surface area contributed by atoms with Crippen LogP contribution in [0.4, 0.5) is 17.3 Å². The zero-order valence-corrected chi connectivity index (χ0v) is 12.7. The number of anilines is 2. The smallest absolute Gasteiger partial charge is 0.305 e. The van der Waals surface area contributed by atoms with Crippen molar-refractivity contribution in [3.05, 3.63) is 52.3 Å². The summed E-state index contributed by atoms with van der Waals surface area (Å²) in [5.74, 6) is 0.394. The number of nitrogens with zero attached hydrogens (tertiary/aromatic N) is 4. The van der Waals surface area contributed by atoms with Gasteiger partial charge in [-0.2, -0.15) is 0 Å². The highest BCUT2D eigenvalue weighted by molar-refractivity contribution is 5.48. The highest BCUT2D eigenvalue weighted by atomic mass is 16.6. The Morgan fingerprint density at radius 1 is 1.32 bits per heavy atom. The molecule has 0 atom stereocenters. The maximum Gasteiger partial charge on any atom is 0.305 e. The Balaban J connectivity index is 1.90. The predicted molar refractivity (Wildman–Crippen MR) is 86.2 cm³/mol. The lowest BCUT2D eigenvalue weighted by Crippen LogP contribution is -2.29. The Kier molecular flexibility index (Phi) is 5.24. The molecule has 7 heteroatoms. The summed E-state index contributed by atoms with van der Waals surface area (Å²) in [6, 6.07) is 8.34. The molecule has 2 aromatic rings. The molecule has 0 aliphatic rings. The molecule has 116 valence electrons. The van der Waals surface area contributed by atoms with Crippen molar-refractivity contribution in [2.45, 2.75) is 13.8 Å². The summed E-state index contributed by atoms with van der Waals surface area (Å²) in [5, 5.41) is 13.6. The van der Waals surface area contributed by atoms with Gasteiger partial charge in [-0.15, -0.1) is 0 Å². The predicted octanol–water partition coefficient (Wildman–Crippen LogP) is 2.63. The Morgan fingerprint density at radius 3 is 2.64 bits per heavy atom. The van der Waals surface area contributed by atoms with Crippen LogP contribution >= 0.6 is 0 Å². The van der Waals surface area contributed by atoms with Crippen molar-refractivity contribution >= 4 is 17.3 Å². The Morgan fingerprint density at radius 2 is 2.05 bits per heavy atom. The average Bonchev–Trinajstić information content (AvgIpc) is 2.52. The first-order chi connectivity index (χ1) is 10.6. The molecular formula is C15H19N5O2. The number of hydrogen-bond acceptors (Lipinski definition) is 6. The van der Waals surface area contributed by atoms with E-state index in [4.69, 9.17) is 0 Å². The third-order valence-electron chi connectivity index (χ3n) is 3.26. The van der Waals surface area contributed by atoms with Gasteiger partial charge in [0.25, 0.3) is 0 Å². The lowest BCUT2D eigenvalue weighted by molar-refractivity contribution is -0.385. The van der Waals surface area contributed by atoms with Crippen molar-refractivity contribution in [2.24, 2.45) is 0 Å². The molecule has 0 unspecified atom stereocenters. The second-order valence-corrected chi connectivity index (χ2v) is 4.87. The first-order valence-corrected chi connectivity index (χ1v) is 7.12. The first kappa shape index (κ1) is 15.7. The lowest BCUT2D eigenvalue weighted by atomic mass is 10.2. The molecule has 1 aromatic carbocycles. The molecule has 0 aliphatic carbocycles. The second kappa shape index (κ2) is 7.35. The van der Waals surface area contributed by atoms with Crippen LogP contribution in [0.3, 0.4) is 0 Å². The molecule has 0 aliphatic heterocycles. The minimum Gasteiger partial charge on any atom is -0.370 e. The van der Waals surface area contributed by atoms with Crippen molar-refractivity contribution in [3.63, 3.8) is 0 Å². The van der Waals surface area contributed by atoms with E-state index >= 15 is 0 Å². The SMILES string of the molecule is CCN(CCNc1ncc([N+](=O)[O-])cn1)c1cccc(C)c1. The maximum atomic E-state index is 10.5. The third-order valence-corrected chi connectivity index (χ3v) is 3.26. The number of hydrogen-bond donors (Lipinski definition) is 1. The molecule has 2 rings (SSSR count). The van der Waals surface area contributed by atoms with E-state index in [9.17, 15) is 10.1 Å². The minimum absolute atomic E-state index is 0.111. The van der Waals surface area contributed by atoms with Crippen LogP contribution < -0.4 is 10.2 Å². The van der Waals surface area contributed by atoms with E-state index in [-0.39, 0.29) is 5.69 Å². The van der Waals surface area contributed by atoms with E-state index < -0.39 is 4.92 Å². The fourth-order valence-electron chi connectivity index (χ4n) is 2.10. The summed E-state index contributed by atoms with van der Waals surface area (Å²) in [6.07, 6.45) is 2.40. The van der Waals surface area contributed by atoms with Crippen LogP contribution in [0.15, 0.2) is 36.7 Å². The van der Waals surface area contributed by atoms with E-state index in [0.29, 0.717) is 12.5 Å². The van der Waals surface area contributed by atoms with E-state index in [1.165, 1.54) is 23.6 Å². The number of likely N-dealkylation sites (N-methyl/N-ethyl adjacent to an activating group) is 1. The Labute approximate surface area is 129 Å². The largest absolute Gasteiger partial charge is 0.370 e. The summed E-state index contributed by atoms with van der Waals surface area (Å²) < 4.78 is 0. The van der Waals surface area contributed by atoms with Crippen molar-refractivity contribution in [2.75, 3.05) is 29.9 Å². The fraction of sp³-hybridized carbons (Fsp3) is 0.333. The fourth-order valence-corrected chi connectivity index (χ4v) is 2.10. The van der Waals surface area contributed by atoms with Gasteiger partial charge < -0.3 is 10.2 Å². The molecule has 7 nitrogen and oxygen atoms in total. The van der Waals surface area contributed by atoms with Gasteiger partial charge >= 0.3 is 5.69 Å². The van der Waals surface area contributed by atoms with Crippen LogP contribution in [0.5, 0.6) is 0 Å². The molecule has 0 bridgehead atoms. The molecule has 1 N–H and O–H groups in total. The Bertz CT molecular complexity index is 630. The molecule has 0 radical (unpaired) electrons. The number of aromatic nitrogens is 2. The minimum atomic E-state index is -0.514. The van der Waals surface area contributed by atoms with Crippen molar-refractivity contribution in [3.8, 4) is 0 Å². The van der Waals surface area contributed by atoms with Crippen LogP contribution in [-0.4, -0.2) is 34.5 Å². The van der Waals surface area contributed by atoms with E-state index in [2.05, 4.69) is 52.2 Å². The first-order valence-electron chi connectivity index (χ1n) is 7.12. The van der Waals surface area contributed by atoms with Crippen LogP contribution in [0, 0.1) is 17.0 Å². The van der Waals surface area contributed by atoms with Crippen LogP contribution in [0.1, 0.15) is 12.5 Å². The second-order valence-electron chi connectivity index (χ2n) is 4.87. The monoisotopic (exact) mass is 301 g/mol. The van der Waals surface area contributed by atoms with Gasteiger partial charge in [0.15, 0.2) is 0 Å². The van der Waals surface area contributed by atoms with Gasteiger partial charge in [0, 0.05) is 25.3 Å². The molecule has 1 heterocycles. The van der Waals surface area contributed by atoms with Crippen LogP contribution in [0.2, 0.25) is 0 Å². The van der Waals surface area contributed by atoms with E-state index in [1.54, 1.807) is 0 Å². The molecular weight excluding hydrogens is 282 g/mol. The highest BCUT2D eigenvalue weighted by Crippen LogP contribution is 2.15. The summed E-state index contributed by atoms with van der Waals surface area (Å²) >= 11 is 0. The number of benzene rings is 1. The average molecular weight is 301 g/mol. The highest BCUT2D eigenvalue weighted by Gasteiger charge is 2.07. The van der Waals surface area contributed by atoms with Crippen molar-refractivity contribution in [1.82, 2.24) is 9.97 Å². The third kappa shape index (κ3) is 4.15. The quantitative estimate of drug-likeness (QED) is 0.625. The van der Waals surface area contributed by atoms with Crippen molar-refractivity contribution < 1.29 is 4.92 Å². The van der Waals surface area contributed by atoms with Crippen LogP contribution in [0.25, 0.3) is 0 Å².